The molecule has 2 aliphatic heterocycles. The normalized spacial score (nSPS) is 28.8. The Morgan fingerprint density at radius 3 is 2.42 bits per heavy atom. The zero-order valence-electron chi connectivity index (χ0n) is 19.7. The molecule has 4 atom stereocenters. The lowest BCUT2D eigenvalue weighted by Gasteiger charge is -2.61. The summed E-state index contributed by atoms with van der Waals surface area (Å²) in [4.78, 5) is 37.6. The van der Waals surface area contributed by atoms with Crippen molar-refractivity contribution >= 4 is 17.8 Å². The van der Waals surface area contributed by atoms with Crippen LogP contribution in [0.4, 0.5) is 4.79 Å². The van der Waals surface area contributed by atoms with Crippen molar-refractivity contribution in [3.63, 3.8) is 0 Å². The number of piperidine rings is 1. The predicted molar refractivity (Wildman–Crippen MR) is 126 cm³/mol. The molecule has 6 rings (SSSR count). The van der Waals surface area contributed by atoms with Gasteiger partial charge in [0, 0.05) is 18.0 Å². The van der Waals surface area contributed by atoms with Crippen molar-refractivity contribution in [2.75, 3.05) is 13.6 Å². The van der Waals surface area contributed by atoms with Crippen LogP contribution < -0.4 is 16.4 Å². The molecule has 2 aromatic carbocycles. The fraction of sp³-hybridized carbons (Fsp3) is 0.400. The molecule has 0 aromatic heterocycles. The summed E-state index contributed by atoms with van der Waals surface area (Å²) in [7, 11) is 2.04. The average Bonchev–Trinajstić information content (AvgIpc) is 3.23. The Kier molecular flexibility index (Phi) is 6.65. The van der Waals surface area contributed by atoms with E-state index < -0.39 is 29.2 Å². The van der Waals surface area contributed by atoms with Crippen molar-refractivity contribution in [3.8, 4) is 11.5 Å². The number of aromatic carboxylic acids is 1. The molecule has 2 aromatic rings. The lowest BCUT2D eigenvalue weighted by atomic mass is 9.49. The molecule has 1 spiro atoms. The maximum atomic E-state index is 12.5. The van der Waals surface area contributed by atoms with Crippen LogP contribution in [0.3, 0.4) is 0 Å². The lowest BCUT2D eigenvalue weighted by Crippen LogP contribution is -2.76. The third-order valence-electron chi connectivity index (χ3n) is 7.66. The van der Waals surface area contributed by atoms with Gasteiger partial charge in [0.25, 0.3) is 0 Å². The van der Waals surface area contributed by atoms with Gasteiger partial charge in [0.2, 0.25) is 0 Å². The van der Waals surface area contributed by atoms with E-state index in [4.69, 9.17) is 9.84 Å². The highest BCUT2D eigenvalue weighted by Crippen LogP contribution is 2.64. The Bertz CT molecular complexity index is 1190. The minimum atomic E-state index is -0.968. The number of primary amides is 1. The van der Waals surface area contributed by atoms with E-state index in [-0.39, 0.29) is 17.6 Å². The zero-order chi connectivity index (χ0) is 26.3. The number of carboxylic acid groups (broad SMARTS) is 1. The Morgan fingerprint density at radius 2 is 1.83 bits per heavy atom. The number of hydrogen-bond donors (Lipinski definition) is 5. The van der Waals surface area contributed by atoms with Gasteiger partial charge in [0.15, 0.2) is 23.4 Å². The van der Waals surface area contributed by atoms with Gasteiger partial charge in [-0.15, -0.1) is 0 Å². The first-order chi connectivity index (χ1) is 17.1. The summed E-state index contributed by atoms with van der Waals surface area (Å²) in [5.74, 6) is 3.88. The second-order valence-corrected chi connectivity index (χ2v) is 9.37. The lowest BCUT2D eigenvalue weighted by molar-refractivity contribution is -0.185. The topological polar surface area (TPSA) is 186 Å². The molecule has 192 valence electrons. The number of carboxylic acids is 1. The highest BCUT2D eigenvalue weighted by atomic mass is 16.7. The number of likely N-dealkylation sites (N-methyl/N-ethyl adjacent to an activating group) is 1. The van der Waals surface area contributed by atoms with Crippen molar-refractivity contribution < 1.29 is 39.3 Å². The molecule has 0 radical (unpaired) electrons. The molecule has 0 unspecified atom stereocenters. The largest absolute Gasteiger partial charge is 0.504 e. The van der Waals surface area contributed by atoms with E-state index in [0.29, 0.717) is 30.6 Å². The number of rotatable bonds is 1. The first kappa shape index (κ1) is 25.4. The quantitative estimate of drug-likeness (QED) is 0.356. The first-order valence-corrected chi connectivity index (χ1v) is 11.5. The average molecular weight is 500 g/mol. The monoisotopic (exact) mass is 499 g/mol. The SMILES string of the molecule is CN1CC[C@]23c4c5ccc(O)c4O[C@H]2C(=O)CC[C@@]3(O)[C@H]1C5.NOC(N)=O.O=C(O)c1ccccc1. The smallest absolute Gasteiger partial charge is 0.423 e. The molecule has 11 nitrogen and oxygen atoms in total. The maximum Gasteiger partial charge on any atom is 0.423 e. The van der Waals surface area contributed by atoms with Gasteiger partial charge in [-0.1, -0.05) is 24.3 Å². The number of carbonyl (C=O) groups excluding carboxylic acids is 2. The predicted octanol–water partition coefficient (Wildman–Crippen LogP) is 1.09. The number of ketones is 1. The summed E-state index contributed by atoms with van der Waals surface area (Å²) in [6.45, 7) is 0.828. The van der Waals surface area contributed by atoms with Crippen molar-refractivity contribution in [3.05, 3.63) is 59.2 Å². The van der Waals surface area contributed by atoms with Gasteiger partial charge in [-0.05, 0) is 56.6 Å². The molecular weight excluding hydrogens is 470 g/mol. The molecule has 2 aliphatic carbocycles. The van der Waals surface area contributed by atoms with Crippen molar-refractivity contribution in [1.82, 2.24) is 4.90 Å². The van der Waals surface area contributed by atoms with Crippen LogP contribution in [0.15, 0.2) is 42.5 Å². The standard InChI is InChI=1S/C17H19NO4.C7H6O2.CH4N2O2/c1-18-7-6-16-13-9-2-3-10(19)14(13)22-15(16)11(20)4-5-17(16,21)12(18)8-9;8-7(9)6-4-2-1-3-5-6;2-1(4)5-3/h2-3,12,15,19,21H,4-8H2,1H3;1-5H,(H,8,9);3H2,(H2,2,4)/t12-,15+,16+,17-;;/m1../s1. The number of Topliss-reactive ketones (excluding diaryl/α,β-unsaturated/α-hetero) is 1. The van der Waals surface area contributed by atoms with Crippen LogP contribution in [-0.4, -0.2) is 69.4 Å². The van der Waals surface area contributed by atoms with E-state index in [1.54, 1.807) is 36.4 Å². The minimum Gasteiger partial charge on any atom is -0.504 e. The second kappa shape index (κ2) is 9.41. The Labute approximate surface area is 207 Å². The summed E-state index contributed by atoms with van der Waals surface area (Å²) in [6.07, 6.45) is 0.639. The highest BCUT2D eigenvalue weighted by Gasteiger charge is 2.72. The van der Waals surface area contributed by atoms with Gasteiger partial charge in [-0.2, -0.15) is 5.90 Å². The van der Waals surface area contributed by atoms with Crippen molar-refractivity contribution in [2.45, 2.75) is 48.8 Å². The summed E-state index contributed by atoms with van der Waals surface area (Å²) in [5, 5.41) is 30.2. The number of ether oxygens (including phenoxy) is 1. The van der Waals surface area contributed by atoms with Crippen LogP contribution >= 0.6 is 0 Å². The zero-order valence-corrected chi connectivity index (χ0v) is 19.7. The van der Waals surface area contributed by atoms with Crippen LogP contribution in [0.25, 0.3) is 0 Å². The summed E-state index contributed by atoms with van der Waals surface area (Å²) < 4.78 is 5.94. The number of phenolic OH excluding ortho intramolecular Hbond substituents is 1. The van der Waals surface area contributed by atoms with Gasteiger partial charge in [-0.25, -0.2) is 9.59 Å². The Morgan fingerprint density at radius 1 is 1.17 bits per heavy atom. The number of amides is 1. The molecule has 1 saturated heterocycles. The minimum absolute atomic E-state index is 0.00319. The summed E-state index contributed by atoms with van der Waals surface area (Å²) in [6, 6.07) is 11.9. The molecule has 36 heavy (non-hydrogen) atoms. The molecule has 2 heterocycles. The van der Waals surface area contributed by atoms with Crippen molar-refractivity contribution in [2.24, 2.45) is 11.6 Å². The van der Waals surface area contributed by atoms with Gasteiger partial charge in [0.1, 0.15) is 0 Å². The second-order valence-electron chi connectivity index (χ2n) is 9.37. The van der Waals surface area contributed by atoms with Crippen molar-refractivity contribution in [1.29, 1.82) is 0 Å². The number of carbonyl (C=O) groups is 3. The molecule has 1 amide bonds. The number of benzene rings is 2. The molecule has 2 fully saturated rings. The van der Waals surface area contributed by atoms with E-state index in [1.807, 2.05) is 13.1 Å². The van der Waals surface area contributed by atoms with Crippen LogP contribution in [0.5, 0.6) is 11.5 Å². The number of likely N-dealkylation sites (tertiary alicyclic amines) is 1. The maximum absolute atomic E-state index is 12.5. The van der Waals surface area contributed by atoms with Crippen LogP contribution in [0.1, 0.15) is 40.7 Å². The number of hydrogen-bond acceptors (Lipinski definition) is 9. The highest BCUT2D eigenvalue weighted by molar-refractivity contribution is 5.90. The van der Waals surface area contributed by atoms with Crippen LogP contribution in [-0.2, 0) is 21.5 Å². The number of phenols is 1. The van der Waals surface area contributed by atoms with Gasteiger partial charge in [0.05, 0.1) is 16.6 Å². The van der Waals surface area contributed by atoms with E-state index in [9.17, 15) is 24.6 Å². The number of aromatic hydroxyl groups is 1. The van der Waals surface area contributed by atoms with Crippen LogP contribution in [0.2, 0.25) is 0 Å². The number of nitrogens with two attached hydrogens (primary N) is 2. The fourth-order valence-electron chi connectivity index (χ4n) is 6.12. The van der Waals surface area contributed by atoms with E-state index in [0.717, 1.165) is 24.1 Å². The molecule has 1 saturated carbocycles. The van der Waals surface area contributed by atoms with Gasteiger partial charge < -0.3 is 35.5 Å². The molecular formula is C25H29N3O8. The summed E-state index contributed by atoms with van der Waals surface area (Å²) >= 11 is 0. The first-order valence-electron chi connectivity index (χ1n) is 11.5. The molecule has 2 bridgehead atoms. The Hall–Kier alpha value is -3.67. The van der Waals surface area contributed by atoms with E-state index in [2.05, 4.69) is 21.4 Å². The van der Waals surface area contributed by atoms with Gasteiger partial charge in [-0.3, -0.25) is 4.79 Å². The molecule has 4 aliphatic rings. The number of nitrogens with zero attached hydrogens (tertiary/aromatic N) is 1. The third-order valence-corrected chi connectivity index (χ3v) is 7.66. The number of aliphatic hydroxyl groups is 1. The van der Waals surface area contributed by atoms with E-state index >= 15 is 0 Å². The molecule has 7 N–H and O–H groups in total. The fourth-order valence-corrected chi connectivity index (χ4v) is 6.12. The van der Waals surface area contributed by atoms with Gasteiger partial charge >= 0.3 is 12.1 Å². The molecule has 11 heteroatoms. The summed E-state index contributed by atoms with van der Waals surface area (Å²) in [5.41, 5.74) is 5.01. The van der Waals surface area contributed by atoms with Crippen LogP contribution in [0, 0.1) is 0 Å². The Balaban J connectivity index is 0.000000181. The van der Waals surface area contributed by atoms with E-state index in [1.165, 1.54) is 0 Å². The third kappa shape index (κ3) is 3.85.